The van der Waals surface area contributed by atoms with Crippen molar-refractivity contribution in [3.63, 3.8) is 0 Å². The van der Waals surface area contributed by atoms with E-state index in [2.05, 4.69) is 0 Å². The van der Waals surface area contributed by atoms with Gasteiger partial charge in [-0.2, -0.15) is 0 Å². The third-order valence-electron chi connectivity index (χ3n) is 1.81. The Hall–Kier alpha value is -1.22. The van der Waals surface area contributed by atoms with Crippen molar-refractivity contribution in [2.75, 3.05) is 25.2 Å². The Morgan fingerprint density at radius 3 is 2.75 bits per heavy atom. The van der Waals surface area contributed by atoms with Crippen LogP contribution in [0.15, 0.2) is 18.2 Å². The quantitative estimate of drug-likeness (QED) is 0.659. The molecule has 4 N–H and O–H groups in total. The molecule has 0 bridgehead atoms. The first-order chi connectivity index (χ1) is 5.75. The van der Waals surface area contributed by atoms with E-state index in [1.807, 2.05) is 12.1 Å². The second-order valence-corrected chi connectivity index (χ2v) is 2.66. The van der Waals surface area contributed by atoms with E-state index in [0.29, 0.717) is 18.0 Å². The summed E-state index contributed by atoms with van der Waals surface area (Å²) in [7, 11) is 1.67. The summed E-state index contributed by atoms with van der Waals surface area (Å²) in [4.78, 5) is 0. The van der Waals surface area contributed by atoms with Gasteiger partial charge in [0.25, 0.3) is 0 Å². The summed E-state index contributed by atoms with van der Waals surface area (Å²) in [6.45, 7) is 0.674. The van der Waals surface area contributed by atoms with E-state index < -0.39 is 0 Å². The molecule has 0 saturated carbocycles. The molecule has 0 aliphatic heterocycles. The first-order valence-electron chi connectivity index (χ1n) is 3.87. The summed E-state index contributed by atoms with van der Waals surface area (Å²) in [5, 5.41) is 0. The summed E-state index contributed by atoms with van der Waals surface area (Å²) >= 11 is 0. The fourth-order valence-corrected chi connectivity index (χ4v) is 1.06. The normalized spacial score (nSPS) is 10.1. The SMILES string of the molecule is COCCc1cccc(N)c1N. The van der Waals surface area contributed by atoms with Crippen LogP contribution in [0.1, 0.15) is 5.56 Å². The Kier molecular flexibility index (Phi) is 2.94. The molecule has 66 valence electrons. The number of rotatable bonds is 3. The Bertz CT molecular complexity index is 261. The van der Waals surface area contributed by atoms with Crippen molar-refractivity contribution in [2.24, 2.45) is 0 Å². The van der Waals surface area contributed by atoms with Crippen LogP contribution in [-0.2, 0) is 11.2 Å². The van der Waals surface area contributed by atoms with E-state index in [0.717, 1.165) is 12.0 Å². The molecular formula is C9H14N2O. The van der Waals surface area contributed by atoms with E-state index in [4.69, 9.17) is 16.2 Å². The summed E-state index contributed by atoms with van der Waals surface area (Å²) in [5.41, 5.74) is 13.7. The fourth-order valence-electron chi connectivity index (χ4n) is 1.06. The molecular weight excluding hydrogens is 152 g/mol. The molecule has 0 spiro atoms. The van der Waals surface area contributed by atoms with Crippen LogP contribution < -0.4 is 11.5 Å². The maximum atomic E-state index is 5.74. The molecule has 0 aromatic heterocycles. The third kappa shape index (κ3) is 1.89. The zero-order valence-corrected chi connectivity index (χ0v) is 7.21. The molecule has 0 atom stereocenters. The van der Waals surface area contributed by atoms with Gasteiger partial charge in [-0.05, 0) is 18.1 Å². The summed E-state index contributed by atoms with van der Waals surface area (Å²) in [6, 6.07) is 5.66. The molecule has 0 amide bonds. The average molecular weight is 166 g/mol. The zero-order chi connectivity index (χ0) is 8.97. The van der Waals surface area contributed by atoms with Gasteiger partial charge in [0.1, 0.15) is 0 Å². The number of anilines is 2. The Balaban J connectivity index is 2.78. The highest BCUT2D eigenvalue weighted by Gasteiger charge is 2.00. The third-order valence-corrected chi connectivity index (χ3v) is 1.81. The van der Waals surface area contributed by atoms with Gasteiger partial charge in [0.15, 0.2) is 0 Å². The van der Waals surface area contributed by atoms with Gasteiger partial charge in [-0.25, -0.2) is 0 Å². The van der Waals surface area contributed by atoms with Crippen molar-refractivity contribution >= 4 is 11.4 Å². The van der Waals surface area contributed by atoms with Crippen LogP contribution in [-0.4, -0.2) is 13.7 Å². The first-order valence-corrected chi connectivity index (χ1v) is 3.87. The van der Waals surface area contributed by atoms with E-state index in [1.54, 1.807) is 13.2 Å². The minimum absolute atomic E-state index is 0.642. The maximum Gasteiger partial charge on any atom is 0.0581 e. The molecule has 0 radical (unpaired) electrons. The lowest BCUT2D eigenvalue weighted by Crippen LogP contribution is -2.02. The van der Waals surface area contributed by atoms with Crippen molar-refractivity contribution in [1.82, 2.24) is 0 Å². The monoisotopic (exact) mass is 166 g/mol. The van der Waals surface area contributed by atoms with E-state index in [-0.39, 0.29) is 0 Å². The van der Waals surface area contributed by atoms with Gasteiger partial charge < -0.3 is 16.2 Å². The molecule has 0 aliphatic rings. The smallest absolute Gasteiger partial charge is 0.0581 e. The molecule has 0 heterocycles. The van der Waals surface area contributed by atoms with E-state index in [9.17, 15) is 0 Å². The summed E-state index contributed by atoms with van der Waals surface area (Å²) in [6.07, 6.45) is 0.813. The molecule has 12 heavy (non-hydrogen) atoms. The highest BCUT2D eigenvalue weighted by Crippen LogP contribution is 2.19. The first kappa shape index (κ1) is 8.87. The lowest BCUT2D eigenvalue weighted by molar-refractivity contribution is 0.202. The van der Waals surface area contributed by atoms with Gasteiger partial charge in [0.2, 0.25) is 0 Å². The van der Waals surface area contributed by atoms with Gasteiger partial charge in [0.05, 0.1) is 18.0 Å². The van der Waals surface area contributed by atoms with Crippen LogP contribution in [0.2, 0.25) is 0 Å². The number of hydrogen-bond acceptors (Lipinski definition) is 3. The lowest BCUT2D eigenvalue weighted by atomic mass is 10.1. The molecule has 3 nitrogen and oxygen atoms in total. The number of ether oxygens (including phenoxy) is 1. The second-order valence-electron chi connectivity index (χ2n) is 2.66. The lowest BCUT2D eigenvalue weighted by Gasteiger charge is -2.06. The number of nitrogens with two attached hydrogens (primary N) is 2. The van der Waals surface area contributed by atoms with Crippen molar-refractivity contribution in [1.29, 1.82) is 0 Å². The highest BCUT2D eigenvalue weighted by atomic mass is 16.5. The van der Waals surface area contributed by atoms with Gasteiger partial charge in [0, 0.05) is 7.11 Å². The van der Waals surface area contributed by atoms with Crippen molar-refractivity contribution in [3.8, 4) is 0 Å². The number of methoxy groups -OCH3 is 1. The number of para-hydroxylation sites is 1. The maximum absolute atomic E-state index is 5.74. The van der Waals surface area contributed by atoms with E-state index >= 15 is 0 Å². The number of hydrogen-bond donors (Lipinski definition) is 2. The van der Waals surface area contributed by atoms with Crippen LogP contribution in [0.3, 0.4) is 0 Å². The van der Waals surface area contributed by atoms with Gasteiger partial charge >= 0.3 is 0 Å². The Labute approximate surface area is 72.3 Å². The standard InChI is InChI=1S/C9H14N2O/c1-12-6-5-7-3-2-4-8(10)9(7)11/h2-4H,5-6,10-11H2,1H3. The van der Waals surface area contributed by atoms with Crippen LogP contribution in [0.5, 0.6) is 0 Å². The fraction of sp³-hybridized carbons (Fsp3) is 0.333. The topological polar surface area (TPSA) is 61.3 Å². The average Bonchev–Trinajstić information content (AvgIpc) is 2.08. The Morgan fingerprint density at radius 1 is 1.33 bits per heavy atom. The van der Waals surface area contributed by atoms with Gasteiger partial charge in [-0.3, -0.25) is 0 Å². The number of nitrogen functional groups attached to an aromatic ring is 2. The predicted molar refractivity (Wildman–Crippen MR) is 50.8 cm³/mol. The number of benzene rings is 1. The predicted octanol–water partition coefficient (Wildman–Crippen LogP) is 1.04. The van der Waals surface area contributed by atoms with Gasteiger partial charge in [-0.15, -0.1) is 0 Å². The molecule has 1 rings (SSSR count). The van der Waals surface area contributed by atoms with Crippen LogP contribution in [0.25, 0.3) is 0 Å². The minimum atomic E-state index is 0.642. The molecule has 1 aromatic carbocycles. The molecule has 0 unspecified atom stereocenters. The highest BCUT2D eigenvalue weighted by molar-refractivity contribution is 5.67. The van der Waals surface area contributed by atoms with Crippen LogP contribution in [0, 0.1) is 0 Å². The largest absolute Gasteiger partial charge is 0.397 e. The van der Waals surface area contributed by atoms with Crippen LogP contribution >= 0.6 is 0 Å². The molecule has 0 saturated heterocycles. The van der Waals surface area contributed by atoms with Crippen molar-refractivity contribution < 1.29 is 4.74 Å². The second kappa shape index (κ2) is 3.97. The van der Waals surface area contributed by atoms with Crippen molar-refractivity contribution in [3.05, 3.63) is 23.8 Å². The molecule has 1 aromatic rings. The molecule has 0 aliphatic carbocycles. The zero-order valence-electron chi connectivity index (χ0n) is 7.21. The van der Waals surface area contributed by atoms with Gasteiger partial charge in [-0.1, -0.05) is 12.1 Å². The van der Waals surface area contributed by atoms with Crippen LogP contribution in [0.4, 0.5) is 11.4 Å². The molecule has 0 fully saturated rings. The Morgan fingerprint density at radius 2 is 2.08 bits per heavy atom. The molecule has 3 heteroatoms. The summed E-state index contributed by atoms with van der Waals surface area (Å²) < 4.78 is 4.94. The van der Waals surface area contributed by atoms with Crippen molar-refractivity contribution in [2.45, 2.75) is 6.42 Å². The minimum Gasteiger partial charge on any atom is -0.397 e. The van der Waals surface area contributed by atoms with E-state index in [1.165, 1.54) is 0 Å². The summed E-state index contributed by atoms with van der Waals surface area (Å²) in [5.74, 6) is 0.